The Labute approximate surface area is 212 Å². The molecule has 2 unspecified atom stereocenters. The van der Waals surface area contributed by atoms with Crippen molar-refractivity contribution in [1.29, 1.82) is 0 Å². The molecule has 8 nitrogen and oxygen atoms in total. The average Bonchev–Trinajstić information content (AvgIpc) is 2.75. The molecule has 0 aromatic carbocycles. The van der Waals surface area contributed by atoms with E-state index in [1.807, 2.05) is 0 Å². The van der Waals surface area contributed by atoms with Crippen LogP contribution in [0.15, 0.2) is 0 Å². The maximum Gasteiger partial charge on any atom is 0.408 e. The summed E-state index contributed by atoms with van der Waals surface area (Å²) < 4.78 is 14.8. The van der Waals surface area contributed by atoms with E-state index in [0.29, 0.717) is 5.92 Å². The topological polar surface area (TPSA) is 117 Å². The minimum atomic E-state index is -0.608. The van der Waals surface area contributed by atoms with Gasteiger partial charge in [0.15, 0.2) is 0 Å². The Morgan fingerprint density at radius 2 is 1.11 bits per heavy atom. The number of amides is 1. The first kappa shape index (κ1) is 31.2. The monoisotopic (exact) mass is 498 g/mol. The van der Waals surface area contributed by atoms with Gasteiger partial charge in [0.2, 0.25) is 0 Å². The summed E-state index contributed by atoms with van der Waals surface area (Å²) in [6.07, 6.45) is 15.6. The van der Waals surface area contributed by atoms with Gasteiger partial charge in [0.25, 0.3) is 0 Å². The number of esters is 2. The number of carbonyl (C=O) groups is 3. The van der Waals surface area contributed by atoms with Gasteiger partial charge in [-0.1, -0.05) is 64.2 Å². The number of hydrogen-bond donors (Lipinski definition) is 2. The van der Waals surface area contributed by atoms with Crippen LogP contribution in [-0.2, 0) is 23.8 Å². The Morgan fingerprint density at radius 3 is 1.51 bits per heavy atom. The van der Waals surface area contributed by atoms with Crippen LogP contribution >= 0.6 is 0 Å². The van der Waals surface area contributed by atoms with E-state index in [9.17, 15) is 14.4 Å². The Morgan fingerprint density at radius 1 is 0.714 bits per heavy atom. The molecule has 8 heteroatoms. The highest BCUT2D eigenvalue weighted by Crippen LogP contribution is 2.26. The Hall–Kier alpha value is -1.83. The zero-order valence-corrected chi connectivity index (χ0v) is 22.7. The van der Waals surface area contributed by atoms with Gasteiger partial charge >= 0.3 is 18.0 Å². The summed E-state index contributed by atoms with van der Waals surface area (Å²) in [5.41, 5.74) is 5.27. The molecule has 2 saturated carbocycles. The highest BCUT2D eigenvalue weighted by Gasteiger charge is 2.32. The van der Waals surface area contributed by atoms with Gasteiger partial charge in [0.1, 0.15) is 17.7 Å². The highest BCUT2D eigenvalue weighted by atomic mass is 16.6. The third kappa shape index (κ3) is 13.2. The number of hydrogen-bond acceptors (Lipinski definition) is 7. The Balaban J connectivity index is 0.000000379. The second-order valence-corrected chi connectivity index (χ2v) is 10.9. The lowest BCUT2D eigenvalue weighted by Crippen LogP contribution is -2.48. The molecule has 0 bridgehead atoms. The zero-order chi connectivity index (χ0) is 26.3. The molecule has 2 aliphatic carbocycles. The molecular weight excluding hydrogens is 448 g/mol. The van der Waals surface area contributed by atoms with Crippen LogP contribution in [0.2, 0.25) is 0 Å². The number of nitrogens with one attached hydrogen (secondary N) is 1. The molecule has 0 saturated heterocycles. The highest BCUT2D eigenvalue weighted by molar-refractivity contribution is 5.81. The van der Waals surface area contributed by atoms with Crippen molar-refractivity contribution in [3.05, 3.63) is 0 Å². The summed E-state index contributed by atoms with van der Waals surface area (Å²) in [7, 11) is 2.76. The van der Waals surface area contributed by atoms with E-state index in [2.05, 4.69) is 10.1 Å². The van der Waals surface area contributed by atoms with Gasteiger partial charge in [-0.25, -0.2) is 9.59 Å². The van der Waals surface area contributed by atoms with Crippen molar-refractivity contribution in [2.75, 3.05) is 14.2 Å². The lowest BCUT2D eigenvalue weighted by molar-refractivity contribution is -0.145. The van der Waals surface area contributed by atoms with Crippen LogP contribution in [0.1, 0.15) is 111 Å². The molecule has 2 rings (SSSR count). The predicted octanol–water partition coefficient (Wildman–Crippen LogP) is 5.26. The fraction of sp³-hybridized carbons (Fsp3) is 0.889. The first-order valence-corrected chi connectivity index (χ1v) is 13.5. The SMILES string of the molecule is COC(=O)C(N)C1CCCCCCC1.COC(=O)C(NC(=O)OC(C)(C)C)C1CCCCCCC1. The lowest BCUT2D eigenvalue weighted by Gasteiger charge is -2.28. The van der Waals surface area contributed by atoms with Crippen molar-refractivity contribution in [3.63, 3.8) is 0 Å². The molecule has 35 heavy (non-hydrogen) atoms. The summed E-state index contributed by atoms with van der Waals surface area (Å²) in [6.45, 7) is 5.40. The van der Waals surface area contributed by atoms with E-state index in [4.69, 9.17) is 15.2 Å². The maximum atomic E-state index is 12.0. The van der Waals surface area contributed by atoms with E-state index in [1.165, 1.54) is 65.6 Å². The van der Waals surface area contributed by atoms with Crippen LogP contribution in [0.25, 0.3) is 0 Å². The molecule has 2 aliphatic rings. The second kappa shape index (κ2) is 16.8. The third-order valence-electron chi connectivity index (χ3n) is 6.88. The summed E-state index contributed by atoms with van der Waals surface area (Å²) in [5, 5.41) is 2.71. The molecule has 0 heterocycles. The van der Waals surface area contributed by atoms with E-state index >= 15 is 0 Å². The maximum absolute atomic E-state index is 12.0. The molecule has 1 amide bonds. The molecule has 0 spiro atoms. The molecule has 0 aromatic rings. The lowest BCUT2D eigenvalue weighted by atomic mass is 9.86. The molecule has 0 radical (unpaired) electrons. The molecular formula is C27H50N2O6. The van der Waals surface area contributed by atoms with Gasteiger partial charge in [0, 0.05) is 0 Å². The van der Waals surface area contributed by atoms with Gasteiger partial charge in [-0.05, 0) is 58.3 Å². The average molecular weight is 499 g/mol. The zero-order valence-electron chi connectivity index (χ0n) is 22.7. The molecule has 2 atom stereocenters. The van der Waals surface area contributed by atoms with E-state index in [0.717, 1.165) is 38.5 Å². The molecule has 0 aromatic heterocycles. The number of methoxy groups -OCH3 is 2. The number of nitrogens with two attached hydrogens (primary N) is 1. The van der Waals surface area contributed by atoms with Crippen LogP contribution in [-0.4, -0.2) is 49.9 Å². The van der Waals surface area contributed by atoms with Gasteiger partial charge in [-0.2, -0.15) is 0 Å². The van der Waals surface area contributed by atoms with Gasteiger partial charge in [0.05, 0.1) is 14.2 Å². The number of carbonyl (C=O) groups excluding carboxylic acids is 3. The predicted molar refractivity (Wildman–Crippen MR) is 137 cm³/mol. The third-order valence-corrected chi connectivity index (χ3v) is 6.88. The van der Waals surface area contributed by atoms with Crippen molar-refractivity contribution in [3.8, 4) is 0 Å². The second-order valence-electron chi connectivity index (χ2n) is 10.9. The number of rotatable bonds is 5. The minimum Gasteiger partial charge on any atom is -0.468 e. The molecule has 0 aliphatic heterocycles. The van der Waals surface area contributed by atoms with Gasteiger partial charge in [-0.3, -0.25) is 4.79 Å². The molecule has 204 valence electrons. The van der Waals surface area contributed by atoms with Crippen LogP contribution in [0.3, 0.4) is 0 Å². The van der Waals surface area contributed by atoms with Crippen molar-refractivity contribution in [1.82, 2.24) is 5.32 Å². The smallest absolute Gasteiger partial charge is 0.408 e. The first-order chi connectivity index (χ1) is 16.6. The Kier molecular flexibility index (Phi) is 15.0. The molecule has 2 fully saturated rings. The minimum absolute atomic E-state index is 0.130. The summed E-state index contributed by atoms with van der Waals surface area (Å²) >= 11 is 0. The normalized spacial score (nSPS) is 20.3. The van der Waals surface area contributed by atoms with Crippen LogP contribution in [0.5, 0.6) is 0 Å². The van der Waals surface area contributed by atoms with E-state index in [1.54, 1.807) is 20.8 Å². The van der Waals surface area contributed by atoms with E-state index in [-0.39, 0.29) is 17.9 Å². The number of alkyl carbamates (subject to hydrolysis) is 1. The summed E-state index contributed by atoms with van der Waals surface area (Å²) in [5.74, 6) is -0.171. The van der Waals surface area contributed by atoms with Gasteiger partial charge < -0.3 is 25.3 Å². The largest absolute Gasteiger partial charge is 0.468 e. The number of ether oxygens (including phenoxy) is 3. The van der Waals surface area contributed by atoms with Gasteiger partial charge in [-0.15, -0.1) is 0 Å². The standard InChI is InChI=1S/C16H29NO4.C11H21NO2/c1-16(2,3)21-15(19)17-13(14(18)20-4)12-10-8-6-5-7-9-11-12;1-14-11(13)10(12)9-7-5-3-2-4-6-8-9/h12-13H,5-11H2,1-4H3,(H,17,19);9-10H,2-8,12H2,1H3. The van der Waals surface area contributed by atoms with Crippen molar-refractivity contribution in [2.45, 2.75) is 128 Å². The molecule has 3 N–H and O–H groups in total. The fourth-order valence-corrected chi connectivity index (χ4v) is 4.93. The Bertz CT molecular complexity index is 618. The van der Waals surface area contributed by atoms with Crippen molar-refractivity contribution >= 4 is 18.0 Å². The van der Waals surface area contributed by atoms with E-state index < -0.39 is 23.8 Å². The summed E-state index contributed by atoms with van der Waals surface area (Å²) in [6, 6.07) is -1.01. The van der Waals surface area contributed by atoms with Crippen LogP contribution < -0.4 is 11.1 Å². The van der Waals surface area contributed by atoms with Crippen LogP contribution in [0.4, 0.5) is 4.79 Å². The quantitative estimate of drug-likeness (QED) is 0.392. The first-order valence-electron chi connectivity index (χ1n) is 13.5. The fourth-order valence-electron chi connectivity index (χ4n) is 4.93. The van der Waals surface area contributed by atoms with Crippen molar-refractivity contribution < 1.29 is 28.6 Å². The summed E-state index contributed by atoms with van der Waals surface area (Å²) in [4.78, 5) is 35.2. The van der Waals surface area contributed by atoms with Crippen molar-refractivity contribution in [2.24, 2.45) is 17.6 Å². The van der Waals surface area contributed by atoms with Crippen LogP contribution in [0, 0.1) is 11.8 Å².